The maximum Gasteiger partial charge on any atom is 0.402 e. The Labute approximate surface area is 109 Å². The van der Waals surface area contributed by atoms with Gasteiger partial charge < -0.3 is 0 Å². The van der Waals surface area contributed by atoms with Crippen molar-refractivity contribution in [3.8, 4) is 0 Å². The van der Waals surface area contributed by atoms with Crippen LogP contribution in [0.15, 0.2) is 4.90 Å². The number of hydrogen-bond donors (Lipinski definition) is 1. The first kappa shape index (κ1) is 16.0. The predicted molar refractivity (Wildman–Crippen MR) is 63.1 cm³/mol. The molecule has 1 aromatic rings. The van der Waals surface area contributed by atoms with Crippen molar-refractivity contribution in [2.45, 2.75) is 44.8 Å². The smallest absolute Gasteiger partial charge is 0.281 e. The van der Waals surface area contributed by atoms with E-state index < -0.39 is 28.8 Å². The van der Waals surface area contributed by atoms with Gasteiger partial charge in [-0.05, 0) is 27.7 Å². The molecule has 0 spiro atoms. The van der Waals surface area contributed by atoms with Crippen molar-refractivity contribution in [1.29, 1.82) is 0 Å². The van der Waals surface area contributed by atoms with Crippen LogP contribution in [0.2, 0.25) is 0 Å². The van der Waals surface area contributed by atoms with Crippen LogP contribution in [0.1, 0.15) is 25.2 Å². The van der Waals surface area contributed by atoms with Gasteiger partial charge in [0.25, 0.3) is 0 Å². The lowest BCUT2D eigenvalue weighted by Gasteiger charge is -2.26. The lowest BCUT2D eigenvalue weighted by Crippen LogP contribution is -2.43. The van der Waals surface area contributed by atoms with Gasteiger partial charge in [-0.25, -0.2) is 8.42 Å². The van der Waals surface area contributed by atoms with E-state index in [0.717, 1.165) is 0 Å². The molecule has 0 aliphatic heterocycles. The van der Waals surface area contributed by atoms with E-state index in [9.17, 15) is 21.6 Å². The highest BCUT2D eigenvalue weighted by Gasteiger charge is 2.40. The zero-order valence-corrected chi connectivity index (χ0v) is 11.9. The normalized spacial score (nSPS) is 13.5. The Morgan fingerprint density at radius 3 is 2.16 bits per heavy atom. The fraction of sp³-hybridized carbons (Fsp3) is 0.700. The highest BCUT2D eigenvalue weighted by molar-refractivity contribution is 7.89. The van der Waals surface area contributed by atoms with E-state index in [4.69, 9.17) is 0 Å². The zero-order valence-electron chi connectivity index (χ0n) is 11.0. The van der Waals surface area contributed by atoms with E-state index in [2.05, 4.69) is 10.2 Å². The maximum absolute atomic E-state index is 12.5. The molecule has 0 atom stereocenters. The topological polar surface area (TPSA) is 66.1 Å². The van der Waals surface area contributed by atoms with Crippen LogP contribution in [-0.2, 0) is 10.0 Å². The Morgan fingerprint density at radius 2 is 1.84 bits per heavy atom. The van der Waals surface area contributed by atoms with Gasteiger partial charge in [0, 0.05) is 6.04 Å². The van der Waals surface area contributed by atoms with Gasteiger partial charge >= 0.3 is 6.18 Å². The van der Waals surface area contributed by atoms with Crippen molar-refractivity contribution in [3.05, 3.63) is 11.4 Å². The Bertz CT molecular complexity index is 529. The summed E-state index contributed by atoms with van der Waals surface area (Å²) in [7, 11) is -4.23. The third-order valence-corrected chi connectivity index (χ3v) is 4.82. The molecule has 1 rings (SSSR count). The third-order valence-electron chi connectivity index (χ3n) is 2.54. The molecule has 19 heavy (non-hydrogen) atoms. The minimum atomic E-state index is -4.59. The van der Waals surface area contributed by atoms with Crippen LogP contribution < -0.4 is 0 Å². The number of sulfonamides is 1. The highest BCUT2D eigenvalue weighted by atomic mass is 32.2. The van der Waals surface area contributed by atoms with Crippen molar-refractivity contribution in [1.82, 2.24) is 14.5 Å². The molecule has 9 heteroatoms. The summed E-state index contributed by atoms with van der Waals surface area (Å²) in [6.07, 6.45) is -4.59. The molecule has 0 aliphatic rings. The summed E-state index contributed by atoms with van der Waals surface area (Å²) in [6, 6.07) is -0.805. The number of aromatic nitrogens is 2. The number of nitrogens with zero attached hydrogens (tertiary/aromatic N) is 2. The summed E-state index contributed by atoms with van der Waals surface area (Å²) in [5.74, 6) is 0. The minimum Gasteiger partial charge on any atom is -0.281 e. The Kier molecular flexibility index (Phi) is 4.30. The molecule has 1 aromatic heterocycles. The van der Waals surface area contributed by atoms with E-state index in [1.165, 1.54) is 27.7 Å². The molecule has 0 radical (unpaired) electrons. The lowest BCUT2D eigenvalue weighted by atomic mass is 10.4. The van der Waals surface area contributed by atoms with E-state index >= 15 is 0 Å². The molecule has 0 aromatic carbocycles. The lowest BCUT2D eigenvalue weighted by molar-refractivity contribution is -0.138. The minimum absolute atomic E-state index is 0.158. The fourth-order valence-corrected chi connectivity index (χ4v) is 3.72. The van der Waals surface area contributed by atoms with Crippen LogP contribution in [0.5, 0.6) is 0 Å². The summed E-state index contributed by atoms with van der Waals surface area (Å²) in [4.78, 5) is -0.189. The highest BCUT2D eigenvalue weighted by Crippen LogP contribution is 2.27. The molecule has 1 heterocycles. The maximum atomic E-state index is 12.5. The van der Waals surface area contributed by atoms with Crippen LogP contribution >= 0.6 is 0 Å². The number of H-pyrrole nitrogens is 1. The number of hydrogen-bond acceptors (Lipinski definition) is 3. The summed E-state index contributed by atoms with van der Waals surface area (Å²) in [6.45, 7) is 4.17. The molecule has 1 N–H and O–H groups in total. The largest absolute Gasteiger partial charge is 0.402 e. The average Bonchev–Trinajstić information content (AvgIpc) is 2.53. The number of halogens is 3. The van der Waals surface area contributed by atoms with Crippen LogP contribution in [0.4, 0.5) is 13.2 Å². The first-order valence-electron chi connectivity index (χ1n) is 5.57. The van der Waals surface area contributed by atoms with Crippen LogP contribution in [-0.4, -0.2) is 41.7 Å². The standard InChI is InChI=1S/C10H16F3N3O2S/c1-6(2)16(5-10(11,12)13)19(17,18)9-7(3)14-15-8(9)4/h6H,5H2,1-4H3,(H,14,15). The van der Waals surface area contributed by atoms with E-state index in [-0.39, 0.29) is 16.3 Å². The van der Waals surface area contributed by atoms with Crippen LogP contribution in [0.3, 0.4) is 0 Å². The van der Waals surface area contributed by atoms with Gasteiger partial charge in [0.05, 0.1) is 11.4 Å². The van der Waals surface area contributed by atoms with Gasteiger partial charge in [-0.1, -0.05) is 0 Å². The SMILES string of the molecule is Cc1n[nH]c(C)c1S(=O)(=O)N(CC(F)(F)F)C(C)C. The summed E-state index contributed by atoms with van der Waals surface area (Å²) >= 11 is 0. The second kappa shape index (κ2) is 5.12. The molecule has 110 valence electrons. The van der Waals surface area contributed by atoms with Crippen molar-refractivity contribution >= 4 is 10.0 Å². The van der Waals surface area contributed by atoms with Gasteiger partial charge in [0.15, 0.2) is 0 Å². The molecule has 0 fully saturated rings. The van der Waals surface area contributed by atoms with Crippen molar-refractivity contribution in [3.63, 3.8) is 0 Å². The zero-order chi connectivity index (χ0) is 15.0. The summed E-state index contributed by atoms with van der Waals surface area (Å²) in [5.41, 5.74) is 0.385. The molecule has 0 saturated heterocycles. The molecular weight excluding hydrogens is 283 g/mol. The predicted octanol–water partition coefficient (Wildman–Crippen LogP) is 1.99. The average molecular weight is 299 g/mol. The second-order valence-corrected chi connectivity index (χ2v) is 6.35. The molecule has 0 bridgehead atoms. The molecule has 0 amide bonds. The second-order valence-electron chi connectivity index (χ2n) is 4.52. The Balaban J connectivity index is 3.30. The summed E-state index contributed by atoms with van der Waals surface area (Å²) < 4.78 is 62.6. The number of aryl methyl sites for hydroxylation is 2. The van der Waals surface area contributed by atoms with Gasteiger partial charge in [-0.3, -0.25) is 5.10 Å². The van der Waals surface area contributed by atoms with Gasteiger partial charge in [0.1, 0.15) is 11.4 Å². The summed E-state index contributed by atoms with van der Waals surface area (Å²) in [5, 5.41) is 6.17. The van der Waals surface area contributed by atoms with Gasteiger partial charge in [-0.2, -0.15) is 22.6 Å². The molecule has 5 nitrogen and oxygen atoms in total. The van der Waals surface area contributed by atoms with E-state index in [1.807, 2.05) is 0 Å². The van der Waals surface area contributed by atoms with Crippen LogP contribution in [0.25, 0.3) is 0 Å². The van der Waals surface area contributed by atoms with E-state index in [1.54, 1.807) is 0 Å². The number of aromatic amines is 1. The molecule has 0 saturated carbocycles. The van der Waals surface area contributed by atoms with Gasteiger partial charge in [0.2, 0.25) is 10.0 Å². The number of alkyl halides is 3. The monoisotopic (exact) mass is 299 g/mol. The van der Waals surface area contributed by atoms with Crippen molar-refractivity contribution in [2.24, 2.45) is 0 Å². The van der Waals surface area contributed by atoms with Crippen molar-refractivity contribution in [2.75, 3.05) is 6.54 Å². The molecular formula is C10H16F3N3O2S. The number of nitrogens with one attached hydrogen (secondary N) is 1. The Hall–Kier alpha value is -1.09. The molecule has 0 unspecified atom stereocenters. The fourth-order valence-electron chi connectivity index (χ4n) is 1.76. The van der Waals surface area contributed by atoms with Crippen molar-refractivity contribution < 1.29 is 21.6 Å². The quantitative estimate of drug-likeness (QED) is 0.924. The Morgan fingerprint density at radius 1 is 1.32 bits per heavy atom. The third kappa shape index (κ3) is 3.47. The van der Waals surface area contributed by atoms with Gasteiger partial charge in [-0.15, -0.1) is 0 Å². The number of rotatable bonds is 4. The molecule has 0 aliphatic carbocycles. The van der Waals surface area contributed by atoms with Crippen LogP contribution in [0, 0.1) is 13.8 Å². The first-order valence-corrected chi connectivity index (χ1v) is 7.01. The van der Waals surface area contributed by atoms with E-state index in [0.29, 0.717) is 4.31 Å². The first-order chi connectivity index (χ1) is 8.47.